The van der Waals surface area contributed by atoms with Crippen LogP contribution in [0.5, 0.6) is 5.75 Å². The lowest BCUT2D eigenvalue weighted by atomic mass is 9.87. The summed E-state index contributed by atoms with van der Waals surface area (Å²) < 4.78 is 21.5. The number of hydrogen-bond donors (Lipinski definition) is 2. The van der Waals surface area contributed by atoms with Crippen LogP contribution in [0, 0.1) is 5.82 Å². The molecule has 0 fully saturated rings. The number of methoxy groups -OCH3 is 1. The van der Waals surface area contributed by atoms with Crippen molar-refractivity contribution in [2.24, 2.45) is 10.7 Å². The number of hydrogen-bond acceptors (Lipinski definition) is 6. The molecule has 0 spiro atoms. The smallest absolute Gasteiger partial charge is 0.152 e. The van der Waals surface area contributed by atoms with Crippen LogP contribution in [-0.4, -0.2) is 26.7 Å². The molecule has 0 heterocycles. The molecule has 5 nitrogen and oxygen atoms in total. The number of halogens is 1. The van der Waals surface area contributed by atoms with Gasteiger partial charge in [0.2, 0.25) is 0 Å². The van der Waals surface area contributed by atoms with E-state index >= 15 is 0 Å². The molecule has 0 aromatic heterocycles. The number of nitrogens with two attached hydrogens (primary N) is 1. The van der Waals surface area contributed by atoms with E-state index < -0.39 is 5.82 Å². The Morgan fingerprint density at radius 1 is 1.23 bits per heavy atom. The van der Waals surface area contributed by atoms with E-state index in [0.717, 1.165) is 10.6 Å². The Morgan fingerprint density at radius 2 is 1.97 bits per heavy atom. The lowest BCUT2D eigenvalue weighted by Gasteiger charge is -2.20. The maximum atomic E-state index is 13.1. The highest BCUT2D eigenvalue weighted by atomic mass is 32.2. The van der Waals surface area contributed by atoms with E-state index in [2.05, 4.69) is 42.6 Å². The number of rotatable bonds is 7. The second-order valence-electron chi connectivity index (χ2n) is 7.27. The van der Waals surface area contributed by atoms with E-state index in [1.165, 1.54) is 30.1 Å². The first-order valence-electron chi connectivity index (χ1n) is 9.39. The molecule has 0 aliphatic heterocycles. The van der Waals surface area contributed by atoms with Gasteiger partial charge in [0, 0.05) is 6.21 Å². The van der Waals surface area contributed by atoms with Gasteiger partial charge in [-0.1, -0.05) is 32.9 Å². The number of aliphatic imine (C=N–C) groups is 1. The molecule has 162 valence electrons. The van der Waals surface area contributed by atoms with Gasteiger partial charge in [-0.15, -0.1) is 0 Å². The van der Waals surface area contributed by atoms with Crippen LogP contribution in [0.2, 0.25) is 0 Å². The van der Waals surface area contributed by atoms with Crippen LogP contribution >= 0.6 is 11.9 Å². The highest BCUT2D eigenvalue weighted by molar-refractivity contribution is 7.97. The van der Waals surface area contributed by atoms with Gasteiger partial charge in [0.05, 0.1) is 24.1 Å². The van der Waals surface area contributed by atoms with E-state index in [1.54, 1.807) is 31.2 Å². The zero-order valence-electron chi connectivity index (χ0n) is 18.1. The fourth-order valence-corrected chi connectivity index (χ4v) is 3.02. The van der Waals surface area contributed by atoms with Crippen molar-refractivity contribution in [3.8, 4) is 5.75 Å². The number of carbonyl (C=O) groups excluding carboxylic acids is 1. The third-order valence-electron chi connectivity index (χ3n) is 4.01. The van der Waals surface area contributed by atoms with E-state index in [0.29, 0.717) is 18.4 Å². The molecule has 0 saturated heterocycles. The third-order valence-corrected chi connectivity index (χ3v) is 4.75. The van der Waals surface area contributed by atoms with E-state index in [9.17, 15) is 9.18 Å². The summed E-state index contributed by atoms with van der Waals surface area (Å²) in [5, 5.41) is 0. The molecule has 2 rings (SSSR count). The number of nitrogens with zero attached hydrogens (tertiary/aromatic N) is 1. The minimum atomic E-state index is -0.521. The van der Waals surface area contributed by atoms with Crippen molar-refractivity contribution in [3.63, 3.8) is 0 Å². The standard InChI is InChI=1S/C12H19NOS.C11H11FN2O/c1-12(2,3)9-6-7-10(14-5)11(8-9)15-13-4;12-11-6-9(2-3-10(11)8-15)7-14-5-1-4-13/h6-8,13H,1-5H3;1-6,8H,7,13H2/b;4-1-,14-5?. The van der Waals surface area contributed by atoms with Crippen LogP contribution in [0.15, 0.2) is 58.6 Å². The van der Waals surface area contributed by atoms with Crippen LogP contribution in [-0.2, 0) is 12.0 Å². The number of ether oxygens (including phenoxy) is 1. The molecule has 0 radical (unpaired) electrons. The predicted octanol–water partition coefficient (Wildman–Crippen LogP) is 4.90. The van der Waals surface area contributed by atoms with Crippen LogP contribution in [0.25, 0.3) is 0 Å². The normalized spacial score (nSPS) is 11.4. The van der Waals surface area contributed by atoms with Crippen LogP contribution < -0.4 is 15.2 Å². The number of nitrogens with one attached hydrogen (secondary N) is 1. The predicted molar refractivity (Wildman–Crippen MR) is 124 cm³/mol. The lowest BCUT2D eigenvalue weighted by molar-refractivity contribution is 0.112. The zero-order chi connectivity index (χ0) is 22.6. The minimum absolute atomic E-state index is 0.0598. The van der Waals surface area contributed by atoms with Crippen LogP contribution in [0.1, 0.15) is 42.3 Å². The number of allylic oxidation sites excluding steroid dienone is 1. The fraction of sp³-hybridized carbons (Fsp3) is 0.304. The summed E-state index contributed by atoms with van der Waals surface area (Å²) in [6.45, 7) is 6.99. The molecule has 2 aromatic rings. The molecular formula is C23H30FN3O2S. The summed E-state index contributed by atoms with van der Waals surface area (Å²) in [5.74, 6) is 0.398. The summed E-state index contributed by atoms with van der Waals surface area (Å²) in [6.07, 6.45) is 4.96. The monoisotopic (exact) mass is 431 g/mol. The van der Waals surface area contributed by atoms with Crippen molar-refractivity contribution in [2.45, 2.75) is 37.6 Å². The second-order valence-corrected chi connectivity index (χ2v) is 8.32. The van der Waals surface area contributed by atoms with Gasteiger partial charge in [0.1, 0.15) is 11.6 Å². The maximum absolute atomic E-state index is 13.1. The molecular weight excluding hydrogens is 401 g/mol. The zero-order valence-corrected chi connectivity index (χ0v) is 18.9. The quantitative estimate of drug-likeness (QED) is 0.370. The summed E-state index contributed by atoms with van der Waals surface area (Å²) in [4.78, 5) is 15.5. The molecule has 0 bridgehead atoms. The average Bonchev–Trinajstić information content (AvgIpc) is 2.71. The molecule has 0 amide bonds. The molecule has 0 saturated carbocycles. The summed E-state index contributed by atoms with van der Waals surface area (Å²) in [7, 11) is 3.61. The fourth-order valence-electron chi connectivity index (χ4n) is 2.37. The molecule has 0 aliphatic rings. The molecule has 30 heavy (non-hydrogen) atoms. The molecule has 0 aliphatic carbocycles. The maximum Gasteiger partial charge on any atom is 0.152 e. The second kappa shape index (κ2) is 12.8. The lowest BCUT2D eigenvalue weighted by Crippen LogP contribution is -2.11. The first-order valence-corrected chi connectivity index (χ1v) is 10.2. The Bertz CT molecular complexity index is 877. The van der Waals surface area contributed by atoms with Gasteiger partial charge in [-0.2, -0.15) is 0 Å². The first-order chi connectivity index (χ1) is 14.3. The summed E-state index contributed by atoms with van der Waals surface area (Å²) >= 11 is 1.58. The van der Waals surface area contributed by atoms with Crippen LogP contribution in [0.4, 0.5) is 4.39 Å². The Kier molecular flexibility index (Phi) is 10.9. The summed E-state index contributed by atoms with van der Waals surface area (Å²) in [6, 6.07) is 10.7. The largest absolute Gasteiger partial charge is 0.496 e. The third kappa shape index (κ3) is 8.39. The average molecular weight is 432 g/mol. The van der Waals surface area contributed by atoms with Crippen molar-refractivity contribution in [1.29, 1.82) is 0 Å². The van der Waals surface area contributed by atoms with Crippen molar-refractivity contribution in [1.82, 2.24) is 4.72 Å². The van der Waals surface area contributed by atoms with Gasteiger partial charge >= 0.3 is 0 Å². The Morgan fingerprint density at radius 3 is 2.50 bits per heavy atom. The van der Waals surface area contributed by atoms with E-state index in [-0.39, 0.29) is 11.0 Å². The van der Waals surface area contributed by atoms with Crippen molar-refractivity contribution in [3.05, 3.63) is 71.2 Å². The van der Waals surface area contributed by atoms with Crippen molar-refractivity contribution in [2.75, 3.05) is 14.2 Å². The van der Waals surface area contributed by atoms with Gasteiger partial charge in [-0.25, -0.2) is 4.39 Å². The molecule has 2 aromatic carbocycles. The number of carbonyl (C=O) groups is 1. The van der Waals surface area contributed by atoms with Gasteiger partial charge in [0.25, 0.3) is 0 Å². The van der Waals surface area contributed by atoms with Gasteiger partial charge in [-0.05, 0) is 72.1 Å². The van der Waals surface area contributed by atoms with Crippen molar-refractivity contribution < 1.29 is 13.9 Å². The minimum Gasteiger partial charge on any atom is -0.496 e. The molecule has 0 atom stereocenters. The topological polar surface area (TPSA) is 76.7 Å². The Balaban J connectivity index is 0.000000300. The number of aldehydes is 1. The number of benzene rings is 2. The van der Waals surface area contributed by atoms with Gasteiger partial charge < -0.3 is 10.5 Å². The van der Waals surface area contributed by atoms with Gasteiger partial charge in [0.15, 0.2) is 6.29 Å². The van der Waals surface area contributed by atoms with E-state index in [4.69, 9.17) is 10.5 Å². The highest BCUT2D eigenvalue weighted by Gasteiger charge is 2.15. The Hall–Kier alpha value is -2.64. The van der Waals surface area contributed by atoms with Crippen molar-refractivity contribution >= 4 is 24.4 Å². The Labute approximate surface area is 182 Å². The molecule has 0 unspecified atom stereocenters. The first kappa shape index (κ1) is 25.4. The van der Waals surface area contributed by atoms with Gasteiger partial charge in [-0.3, -0.25) is 14.5 Å². The molecule has 7 heteroatoms. The molecule has 3 N–H and O–H groups in total. The summed E-state index contributed by atoms with van der Waals surface area (Å²) in [5.41, 5.74) is 7.36. The highest BCUT2D eigenvalue weighted by Crippen LogP contribution is 2.32. The van der Waals surface area contributed by atoms with Crippen LogP contribution in [0.3, 0.4) is 0 Å². The van der Waals surface area contributed by atoms with E-state index in [1.807, 2.05) is 13.1 Å². The SMILES string of the molecule is CNSc1cc(C(C)(C)C)ccc1OC.N/C=C\C=NCc1ccc(C=O)c(F)c1.